The second-order valence-corrected chi connectivity index (χ2v) is 10.9. The SMILES string of the molecule is CCCCCC1CCC(c2ccc(CCC3CCC(c4ccc(C#N)cc4)CC3)cc2)CC1. The maximum atomic E-state index is 9.00. The molecule has 1 nitrogen and oxygen atoms in total. The standard InChI is InChI=1S/C32H43N/c1-2-3-4-5-25-8-16-29(17-9-25)30-18-10-26(11-19-30)6-7-27-12-20-31(21-13-27)32-22-14-28(24-33)15-23-32/h10-11,14-15,18-19,22-23,25,27,29,31H,2-9,12-13,16-17,20-21H2,1H3. The van der Waals surface area contributed by atoms with Crippen LogP contribution in [0.3, 0.4) is 0 Å². The minimum absolute atomic E-state index is 0.690. The largest absolute Gasteiger partial charge is 0.192 e. The lowest BCUT2D eigenvalue weighted by atomic mass is 9.76. The molecule has 0 amide bonds. The fourth-order valence-electron chi connectivity index (χ4n) is 6.41. The van der Waals surface area contributed by atoms with Crippen molar-refractivity contribution in [2.75, 3.05) is 0 Å². The second-order valence-electron chi connectivity index (χ2n) is 10.9. The first-order chi connectivity index (χ1) is 16.2. The van der Waals surface area contributed by atoms with Gasteiger partial charge in [0.05, 0.1) is 11.6 Å². The van der Waals surface area contributed by atoms with Crippen LogP contribution >= 0.6 is 0 Å². The van der Waals surface area contributed by atoms with Crippen molar-refractivity contribution in [3.8, 4) is 6.07 Å². The van der Waals surface area contributed by atoms with Crippen molar-refractivity contribution in [3.05, 3.63) is 70.8 Å². The fraction of sp³-hybridized carbons (Fsp3) is 0.594. The van der Waals surface area contributed by atoms with Crippen LogP contribution in [-0.2, 0) is 6.42 Å². The van der Waals surface area contributed by atoms with Gasteiger partial charge in [0.2, 0.25) is 0 Å². The molecular weight excluding hydrogens is 398 g/mol. The van der Waals surface area contributed by atoms with Gasteiger partial charge in [-0.15, -0.1) is 0 Å². The number of nitrogens with zero attached hydrogens (tertiary/aromatic N) is 1. The first-order valence-corrected chi connectivity index (χ1v) is 13.8. The van der Waals surface area contributed by atoms with E-state index in [-0.39, 0.29) is 0 Å². The molecule has 0 aromatic heterocycles. The molecule has 2 aromatic carbocycles. The highest BCUT2D eigenvalue weighted by atomic mass is 14.3. The van der Waals surface area contributed by atoms with E-state index < -0.39 is 0 Å². The van der Waals surface area contributed by atoms with Crippen molar-refractivity contribution in [3.63, 3.8) is 0 Å². The fourth-order valence-corrected chi connectivity index (χ4v) is 6.41. The summed E-state index contributed by atoms with van der Waals surface area (Å²) in [6.45, 7) is 2.31. The Balaban J connectivity index is 1.17. The number of nitriles is 1. The van der Waals surface area contributed by atoms with Gasteiger partial charge in [-0.1, -0.05) is 69.0 Å². The second kappa shape index (κ2) is 12.4. The van der Waals surface area contributed by atoms with Crippen LogP contribution in [0.4, 0.5) is 0 Å². The van der Waals surface area contributed by atoms with Crippen LogP contribution in [-0.4, -0.2) is 0 Å². The van der Waals surface area contributed by atoms with Gasteiger partial charge in [0.1, 0.15) is 0 Å². The average molecular weight is 442 g/mol. The zero-order valence-corrected chi connectivity index (χ0v) is 20.8. The molecule has 2 fully saturated rings. The lowest BCUT2D eigenvalue weighted by Gasteiger charge is -2.29. The maximum Gasteiger partial charge on any atom is 0.0991 e. The highest BCUT2D eigenvalue weighted by molar-refractivity contribution is 5.33. The lowest BCUT2D eigenvalue weighted by Crippen LogP contribution is -2.14. The molecule has 1 heteroatoms. The smallest absolute Gasteiger partial charge is 0.0991 e. The topological polar surface area (TPSA) is 23.8 Å². The zero-order chi connectivity index (χ0) is 22.9. The van der Waals surface area contributed by atoms with Gasteiger partial charge < -0.3 is 0 Å². The molecule has 2 aliphatic rings. The van der Waals surface area contributed by atoms with Crippen LogP contribution in [0, 0.1) is 23.2 Å². The van der Waals surface area contributed by atoms with Crippen molar-refractivity contribution < 1.29 is 0 Å². The quantitative estimate of drug-likeness (QED) is 0.356. The van der Waals surface area contributed by atoms with E-state index in [1.807, 2.05) is 12.1 Å². The van der Waals surface area contributed by atoms with Crippen LogP contribution in [0.25, 0.3) is 0 Å². The third kappa shape index (κ3) is 6.96. The Morgan fingerprint density at radius 1 is 0.667 bits per heavy atom. The molecule has 0 heterocycles. The van der Waals surface area contributed by atoms with E-state index in [9.17, 15) is 0 Å². The van der Waals surface area contributed by atoms with Gasteiger partial charge in [0, 0.05) is 0 Å². The summed E-state index contributed by atoms with van der Waals surface area (Å²) in [7, 11) is 0. The molecule has 0 bridgehead atoms. The number of unbranched alkanes of at least 4 members (excludes halogenated alkanes) is 2. The van der Waals surface area contributed by atoms with Crippen molar-refractivity contribution in [2.45, 2.75) is 109 Å². The van der Waals surface area contributed by atoms with Crippen molar-refractivity contribution in [1.82, 2.24) is 0 Å². The molecular formula is C32H43N. The normalized spacial score (nSPS) is 25.5. The van der Waals surface area contributed by atoms with Crippen LogP contribution in [0.2, 0.25) is 0 Å². The summed E-state index contributed by atoms with van der Waals surface area (Å²) in [6, 6.07) is 20.3. The van der Waals surface area contributed by atoms with Gasteiger partial charge in [-0.25, -0.2) is 0 Å². The Bertz CT molecular complexity index is 856. The zero-order valence-electron chi connectivity index (χ0n) is 20.8. The Labute approximate surface area is 202 Å². The highest BCUT2D eigenvalue weighted by Gasteiger charge is 2.23. The summed E-state index contributed by atoms with van der Waals surface area (Å²) < 4.78 is 0. The van der Waals surface area contributed by atoms with Gasteiger partial charge in [-0.2, -0.15) is 5.26 Å². The van der Waals surface area contributed by atoms with Crippen LogP contribution < -0.4 is 0 Å². The summed E-state index contributed by atoms with van der Waals surface area (Å²) in [4.78, 5) is 0. The summed E-state index contributed by atoms with van der Waals surface area (Å²) >= 11 is 0. The molecule has 0 N–H and O–H groups in total. The van der Waals surface area contributed by atoms with Crippen molar-refractivity contribution in [1.29, 1.82) is 5.26 Å². The van der Waals surface area contributed by atoms with E-state index in [1.165, 1.54) is 101 Å². The summed E-state index contributed by atoms with van der Waals surface area (Å²) in [5.41, 5.74) is 5.32. The molecule has 0 radical (unpaired) electrons. The lowest BCUT2D eigenvalue weighted by molar-refractivity contribution is 0.302. The van der Waals surface area contributed by atoms with Crippen LogP contribution in [0.15, 0.2) is 48.5 Å². The van der Waals surface area contributed by atoms with Gasteiger partial charge >= 0.3 is 0 Å². The van der Waals surface area contributed by atoms with E-state index in [0.29, 0.717) is 5.92 Å². The molecule has 4 rings (SSSR count). The number of rotatable bonds is 9. The van der Waals surface area contributed by atoms with Gasteiger partial charge in [-0.05, 0) is 117 Å². The van der Waals surface area contributed by atoms with Crippen LogP contribution in [0.1, 0.15) is 124 Å². The Morgan fingerprint density at radius 2 is 1.18 bits per heavy atom. The Hall–Kier alpha value is -2.07. The number of hydrogen-bond acceptors (Lipinski definition) is 1. The van der Waals surface area contributed by atoms with Gasteiger partial charge in [0.25, 0.3) is 0 Å². The van der Waals surface area contributed by atoms with Crippen LogP contribution in [0.5, 0.6) is 0 Å². The monoisotopic (exact) mass is 441 g/mol. The minimum atomic E-state index is 0.690. The molecule has 2 saturated carbocycles. The van der Waals surface area contributed by atoms with E-state index in [4.69, 9.17) is 5.26 Å². The van der Waals surface area contributed by atoms with E-state index in [0.717, 1.165) is 23.3 Å². The molecule has 2 aromatic rings. The molecule has 0 spiro atoms. The van der Waals surface area contributed by atoms with E-state index >= 15 is 0 Å². The average Bonchev–Trinajstić information content (AvgIpc) is 2.89. The van der Waals surface area contributed by atoms with E-state index in [1.54, 1.807) is 5.56 Å². The third-order valence-electron chi connectivity index (χ3n) is 8.71. The molecule has 2 aliphatic carbocycles. The maximum absolute atomic E-state index is 9.00. The number of hydrogen-bond donors (Lipinski definition) is 0. The Morgan fingerprint density at radius 3 is 1.70 bits per heavy atom. The predicted molar refractivity (Wildman–Crippen MR) is 139 cm³/mol. The first kappa shape index (κ1) is 24.1. The first-order valence-electron chi connectivity index (χ1n) is 13.8. The van der Waals surface area contributed by atoms with Crippen molar-refractivity contribution >= 4 is 0 Å². The summed E-state index contributed by atoms with van der Waals surface area (Å²) in [5, 5.41) is 9.00. The summed E-state index contributed by atoms with van der Waals surface area (Å²) in [6.07, 6.45) is 19.2. The van der Waals surface area contributed by atoms with E-state index in [2.05, 4.69) is 49.4 Å². The van der Waals surface area contributed by atoms with Gasteiger partial charge in [0.15, 0.2) is 0 Å². The predicted octanol–water partition coefficient (Wildman–Crippen LogP) is 9.32. The third-order valence-corrected chi connectivity index (χ3v) is 8.71. The summed E-state index contributed by atoms with van der Waals surface area (Å²) in [5.74, 6) is 3.37. The van der Waals surface area contributed by atoms with Crippen molar-refractivity contribution in [2.24, 2.45) is 11.8 Å². The number of benzene rings is 2. The molecule has 0 saturated heterocycles. The molecule has 33 heavy (non-hydrogen) atoms. The molecule has 176 valence electrons. The molecule has 0 aliphatic heterocycles. The highest BCUT2D eigenvalue weighted by Crippen LogP contribution is 2.39. The minimum Gasteiger partial charge on any atom is -0.192 e. The number of aryl methyl sites for hydroxylation is 1. The molecule has 0 atom stereocenters. The van der Waals surface area contributed by atoms with Gasteiger partial charge in [-0.3, -0.25) is 0 Å². The Kier molecular flexibility index (Phi) is 9.05. The molecule has 0 unspecified atom stereocenters.